The number of carbonyl (C=O) groups excluding carboxylic acids is 1. The molecule has 1 saturated heterocycles. The van der Waals surface area contributed by atoms with E-state index in [4.69, 9.17) is 5.11 Å². The predicted octanol–water partition coefficient (Wildman–Crippen LogP) is 2.11. The van der Waals surface area contributed by atoms with E-state index in [0.717, 1.165) is 30.8 Å². The van der Waals surface area contributed by atoms with Crippen molar-refractivity contribution in [3.8, 4) is 0 Å². The maximum absolute atomic E-state index is 12.6. The number of aliphatic carboxylic acids is 1. The van der Waals surface area contributed by atoms with Crippen LogP contribution in [0.3, 0.4) is 0 Å². The number of nitrogens with one attached hydrogen (secondary N) is 1. The Morgan fingerprint density at radius 3 is 2.84 bits per heavy atom. The molecule has 1 amide bonds. The number of carboxylic acid groups (broad SMARTS) is 1. The fraction of sp³-hybridized carbons (Fsp3) is 0.316. The highest BCUT2D eigenvalue weighted by Gasteiger charge is 2.25. The second kappa shape index (κ2) is 7.79. The number of amides is 1. The normalized spacial score (nSPS) is 16.6. The van der Waals surface area contributed by atoms with Gasteiger partial charge in [0.25, 0.3) is 5.91 Å². The van der Waals surface area contributed by atoms with Crippen molar-refractivity contribution in [1.29, 1.82) is 0 Å². The van der Waals surface area contributed by atoms with Gasteiger partial charge in [0.1, 0.15) is 0 Å². The highest BCUT2D eigenvalue weighted by molar-refractivity contribution is 5.96. The van der Waals surface area contributed by atoms with Crippen molar-refractivity contribution in [2.75, 3.05) is 18.0 Å². The second-order valence-electron chi connectivity index (χ2n) is 6.17. The van der Waals surface area contributed by atoms with Crippen LogP contribution in [0.2, 0.25) is 0 Å². The third kappa shape index (κ3) is 4.35. The summed E-state index contributed by atoms with van der Waals surface area (Å²) in [6.45, 7) is 1.62. The Morgan fingerprint density at radius 1 is 1.24 bits per heavy atom. The maximum Gasteiger partial charge on any atom is 0.303 e. The molecular weight excluding hydrogens is 318 g/mol. The predicted molar refractivity (Wildman–Crippen MR) is 94.7 cm³/mol. The number of aryl methyl sites for hydroxylation is 1. The van der Waals surface area contributed by atoms with E-state index in [1.807, 2.05) is 30.5 Å². The Balaban J connectivity index is 1.62. The van der Waals surface area contributed by atoms with Crippen LogP contribution in [0.25, 0.3) is 0 Å². The molecule has 2 aromatic rings. The number of hydrogen-bond acceptors (Lipinski definition) is 4. The van der Waals surface area contributed by atoms with Crippen LogP contribution in [0, 0.1) is 0 Å². The van der Waals surface area contributed by atoms with E-state index < -0.39 is 5.97 Å². The Morgan fingerprint density at radius 2 is 2.08 bits per heavy atom. The number of nitrogens with zero attached hydrogens (tertiary/aromatic N) is 2. The van der Waals surface area contributed by atoms with Gasteiger partial charge >= 0.3 is 5.97 Å². The van der Waals surface area contributed by atoms with Crippen LogP contribution in [-0.2, 0) is 11.2 Å². The Kier molecular flexibility index (Phi) is 5.28. The molecule has 6 nitrogen and oxygen atoms in total. The summed E-state index contributed by atoms with van der Waals surface area (Å²) in [5, 5.41) is 11.9. The molecule has 1 aromatic carbocycles. The Hall–Kier alpha value is -2.89. The van der Waals surface area contributed by atoms with Gasteiger partial charge in [-0.2, -0.15) is 0 Å². The lowest BCUT2D eigenvalue weighted by atomic mass is 10.0. The molecule has 2 N–H and O–H groups in total. The molecule has 25 heavy (non-hydrogen) atoms. The van der Waals surface area contributed by atoms with Crippen molar-refractivity contribution in [2.45, 2.75) is 25.3 Å². The van der Waals surface area contributed by atoms with E-state index in [0.29, 0.717) is 12.0 Å². The molecule has 1 aliphatic heterocycles. The smallest absolute Gasteiger partial charge is 0.303 e. The summed E-state index contributed by atoms with van der Waals surface area (Å²) in [6, 6.07) is 11.2. The number of carbonyl (C=O) groups is 2. The summed E-state index contributed by atoms with van der Waals surface area (Å²) >= 11 is 0. The Bertz CT molecular complexity index is 749. The fourth-order valence-electron chi connectivity index (χ4n) is 3.12. The van der Waals surface area contributed by atoms with Crippen LogP contribution in [-0.4, -0.2) is 41.1 Å². The second-order valence-corrected chi connectivity index (χ2v) is 6.17. The minimum absolute atomic E-state index is 0.0164. The van der Waals surface area contributed by atoms with Crippen LogP contribution in [0.5, 0.6) is 0 Å². The van der Waals surface area contributed by atoms with Crippen molar-refractivity contribution in [3.05, 3.63) is 59.9 Å². The van der Waals surface area contributed by atoms with Crippen molar-refractivity contribution >= 4 is 17.6 Å². The van der Waals surface area contributed by atoms with E-state index in [1.165, 1.54) is 0 Å². The molecular formula is C19H21N3O3. The highest BCUT2D eigenvalue weighted by atomic mass is 16.4. The third-order valence-corrected chi connectivity index (χ3v) is 4.40. The van der Waals surface area contributed by atoms with E-state index >= 15 is 0 Å². The molecule has 0 radical (unpaired) electrons. The third-order valence-electron chi connectivity index (χ3n) is 4.40. The van der Waals surface area contributed by atoms with Crippen molar-refractivity contribution in [3.63, 3.8) is 0 Å². The van der Waals surface area contributed by atoms with Crippen molar-refractivity contribution in [2.24, 2.45) is 0 Å². The number of rotatable bonds is 6. The van der Waals surface area contributed by atoms with Crippen molar-refractivity contribution in [1.82, 2.24) is 10.3 Å². The summed E-state index contributed by atoms with van der Waals surface area (Å²) in [5.41, 5.74) is 2.38. The van der Waals surface area contributed by atoms with Gasteiger partial charge in [-0.3, -0.25) is 14.6 Å². The molecule has 2 heterocycles. The number of carboxylic acids is 1. The first-order valence-corrected chi connectivity index (χ1v) is 8.39. The number of pyridine rings is 1. The van der Waals surface area contributed by atoms with Gasteiger partial charge < -0.3 is 15.3 Å². The molecule has 1 aromatic heterocycles. The van der Waals surface area contributed by atoms with Crippen LogP contribution in [0.15, 0.2) is 48.8 Å². The van der Waals surface area contributed by atoms with Gasteiger partial charge in [0.15, 0.2) is 0 Å². The van der Waals surface area contributed by atoms with E-state index in [2.05, 4.69) is 15.2 Å². The molecule has 130 valence electrons. The molecule has 0 bridgehead atoms. The van der Waals surface area contributed by atoms with Gasteiger partial charge in [-0.1, -0.05) is 18.2 Å². The van der Waals surface area contributed by atoms with Crippen LogP contribution in [0.4, 0.5) is 5.69 Å². The SMILES string of the molecule is O=C(O)CCc1ccccc1C(=O)NC1CCN(c2cccnc2)C1. The van der Waals surface area contributed by atoms with Gasteiger partial charge in [0, 0.05) is 37.3 Å². The molecule has 1 atom stereocenters. The van der Waals surface area contributed by atoms with Gasteiger partial charge in [0.2, 0.25) is 0 Å². The number of benzene rings is 1. The largest absolute Gasteiger partial charge is 0.481 e. The van der Waals surface area contributed by atoms with E-state index in [1.54, 1.807) is 18.3 Å². The van der Waals surface area contributed by atoms with Gasteiger partial charge in [-0.25, -0.2) is 0 Å². The summed E-state index contributed by atoms with van der Waals surface area (Å²) < 4.78 is 0. The topological polar surface area (TPSA) is 82.5 Å². The Labute approximate surface area is 146 Å². The van der Waals surface area contributed by atoms with Crippen molar-refractivity contribution < 1.29 is 14.7 Å². The van der Waals surface area contributed by atoms with Crippen LogP contribution < -0.4 is 10.2 Å². The molecule has 0 aliphatic carbocycles. The first-order chi connectivity index (χ1) is 12.1. The number of aromatic nitrogens is 1. The lowest BCUT2D eigenvalue weighted by Crippen LogP contribution is -2.37. The monoisotopic (exact) mass is 339 g/mol. The summed E-state index contributed by atoms with van der Waals surface area (Å²) in [6.07, 6.45) is 4.81. The zero-order valence-electron chi connectivity index (χ0n) is 13.9. The molecule has 6 heteroatoms. The minimum Gasteiger partial charge on any atom is -0.481 e. The molecule has 0 saturated carbocycles. The first-order valence-electron chi connectivity index (χ1n) is 8.39. The quantitative estimate of drug-likeness (QED) is 0.842. The van der Waals surface area contributed by atoms with Crippen LogP contribution in [0.1, 0.15) is 28.8 Å². The van der Waals surface area contributed by atoms with E-state index in [9.17, 15) is 9.59 Å². The summed E-state index contributed by atoms with van der Waals surface area (Å²) in [4.78, 5) is 29.7. The zero-order chi connectivity index (χ0) is 17.6. The molecule has 3 rings (SSSR count). The van der Waals surface area contributed by atoms with Crippen LogP contribution >= 0.6 is 0 Å². The minimum atomic E-state index is -0.863. The first kappa shape index (κ1) is 17.0. The zero-order valence-corrected chi connectivity index (χ0v) is 13.9. The maximum atomic E-state index is 12.6. The fourth-order valence-corrected chi connectivity index (χ4v) is 3.12. The average Bonchev–Trinajstić information content (AvgIpc) is 3.09. The molecule has 1 aliphatic rings. The number of hydrogen-bond donors (Lipinski definition) is 2. The van der Waals surface area contributed by atoms with E-state index in [-0.39, 0.29) is 18.4 Å². The number of anilines is 1. The van der Waals surface area contributed by atoms with Gasteiger partial charge in [-0.15, -0.1) is 0 Å². The molecule has 1 unspecified atom stereocenters. The van der Waals surface area contributed by atoms with Gasteiger partial charge in [0.05, 0.1) is 11.9 Å². The molecule has 1 fully saturated rings. The summed E-state index contributed by atoms with van der Waals surface area (Å²) in [5.74, 6) is -1.00. The highest BCUT2D eigenvalue weighted by Crippen LogP contribution is 2.19. The lowest BCUT2D eigenvalue weighted by molar-refractivity contribution is -0.136. The lowest BCUT2D eigenvalue weighted by Gasteiger charge is -2.19. The summed E-state index contributed by atoms with van der Waals surface area (Å²) in [7, 11) is 0. The standard InChI is InChI=1S/C19H21N3O3/c23-18(24)8-7-14-4-1-2-6-17(14)19(25)21-15-9-11-22(13-15)16-5-3-10-20-12-16/h1-6,10,12,15H,7-9,11,13H2,(H,21,25)(H,23,24). The van der Waals surface area contributed by atoms with Gasteiger partial charge in [-0.05, 0) is 36.6 Å². The molecule has 0 spiro atoms. The average molecular weight is 339 g/mol.